The fourth-order valence-corrected chi connectivity index (χ4v) is 3.21. The second-order valence-corrected chi connectivity index (χ2v) is 7.17. The molecule has 1 aliphatic heterocycles. The topological polar surface area (TPSA) is 51.0 Å². The summed E-state index contributed by atoms with van der Waals surface area (Å²) in [6, 6.07) is 8.38. The van der Waals surface area contributed by atoms with E-state index >= 15 is 0 Å². The molecule has 0 radical (unpaired) electrons. The Hall–Kier alpha value is -2.17. The lowest BCUT2D eigenvalue weighted by Crippen LogP contribution is -2.29. The summed E-state index contributed by atoms with van der Waals surface area (Å²) in [5.74, 6) is 0. The van der Waals surface area contributed by atoms with Crippen LogP contribution in [0.4, 0.5) is 5.69 Å². The molecule has 2 aromatic rings. The highest BCUT2D eigenvalue weighted by Crippen LogP contribution is 2.27. The Balaban J connectivity index is 1.93. The van der Waals surface area contributed by atoms with E-state index in [0.717, 1.165) is 30.8 Å². The lowest BCUT2D eigenvalue weighted by molar-refractivity contribution is 0.111. The number of hydrogen-bond acceptors (Lipinski definition) is 4. The lowest BCUT2D eigenvalue weighted by atomic mass is 9.90. The zero-order chi connectivity index (χ0) is 16.4. The van der Waals surface area contributed by atoms with Crippen molar-refractivity contribution in [1.82, 2.24) is 15.0 Å². The van der Waals surface area contributed by atoms with Gasteiger partial charge in [0.25, 0.3) is 0 Å². The van der Waals surface area contributed by atoms with Crippen LogP contribution < -0.4 is 4.90 Å². The van der Waals surface area contributed by atoms with E-state index in [2.05, 4.69) is 60.2 Å². The minimum atomic E-state index is -0.203. The summed E-state index contributed by atoms with van der Waals surface area (Å²) >= 11 is 0. The number of hydrogen-bond donors (Lipinski definition) is 0. The predicted molar refractivity (Wildman–Crippen MR) is 91.5 cm³/mol. The van der Waals surface area contributed by atoms with Crippen LogP contribution in [-0.4, -0.2) is 34.4 Å². The molecule has 5 heteroatoms. The fraction of sp³-hybridized carbons (Fsp3) is 0.500. The Bertz CT molecular complexity index is 676. The minimum Gasteiger partial charge on any atom is -0.372 e. The minimum absolute atomic E-state index is 0.203. The number of piperidine rings is 1. The van der Waals surface area contributed by atoms with E-state index in [1.165, 1.54) is 24.9 Å². The van der Waals surface area contributed by atoms with Crippen LogP contribution in [0.15, 0.2) is 24.3 Å². The van der Waals surface area contributed by atoms with Crippen molar-refractivity contribution < 1.29 is 4.79 Å². The number of aromatic nitrogens is 3. The van der Waals surface area contributed by atoms with Gasteiger partial charge in [-0.15, -0.1) is 5.10 Å². The van der Waals surface area contributed by atoms with Crippen LogP contribution in [0.1, 0.15) is 56.2 Å². The van der Waals surface area contributed by atoms with Gasteiger partial charge in [-0.2, -0.15) is 0 Å². The van der Waals surface area contributed by atoms with Gasteiger partial charge >= 0.3 is 0 Å². The molecule has 0 amide bonds. The highest BCUT2D eigenvalue weighted by Gasteiger charge is 2.26. The smallest absolute Gasteiger partial charge is 0.172 e. The zero-order valence-electron chi connectivity index (χ0n) is 14.1. The van der Waals surface area contributed by atoms with Gasteiger partial charge in [-0.05, 0) is 43.5 Å². The van der Waals surface area contributed by atoms with E-state index in [-0.39, 0.29) is 5.41 Å². The second kappa shape index (κ2) is 6.14. The van der Waals surface area contributed by atoms with Gasteiger partial charge in [0.15, 0.2) is 6.29 Å². The highest BCUT2D eigenvalue weighted by molar-refractivity contribution is 5.74. The molecule has 1 saturated heterocycles. The van der Waals surface area contributed by atoms with Gasteiger partial charge in [0, 0.05) is 24.2 Å². The molecule has 0 spiro atoms. The molecular weight excluding hydrogens is 288 g/mol. The van der Waals surface area contributed by atoms with E-state index in [0.29, 0.717) is 5.69 Å². The quantitative estimate of drug-likeness (QED) is 0.815. The van der Waals surface area contributed by atoms with E-state index in [1.54, 1.807) is 4.68 Å². The molecular formula is C18H24N4O. The van der Waals surface area contributed by atoms with Crippen molar-refractivity contribution >= 4 is 12.0 Å². The third-order valence-electron chi connectivity index (χ3n) is 4.33. The van der Waals surface area contributed by atoms with Crippen LogP contribution >= 0.6 is 0 Å². The number of rotatable bonds is 3. The molecule has 0 unspecified atom stereocenters. The first-order chi connectivity index (χ1) is 11.0. The molecule has 1 aliphatic rings. The van der Waals surface area contributed by atoms with Crippen molar-refractivity contribution in [1.29, 1.82) is 0 Å². The van der Waals surface area contributed by atoms with Crippen LogP contribution in [0.5, 0.6) is 0 Å². The molecule has 0 saturated carbocycles. The molecule has 0 aliphatic carbocycles. The van der Waals surface area contributed by atoms with Gasteiger partial charge in [-0.25, -0.2) is 4.68 Å². The molecule has 2 heterocycles. The van der Waals surface area contributed by atoms with Crippen LogP contribution in [0.3, 0.4) is 0 Å². The number of nitrogens with zero attached hydrogens (tertiary/aromatic N) is 4. The molecule has 1 aromatic heterocycles. The second-order valence-electron chi connectivity index (χ2n) is 7.17. The van der Waals surface area contributed by atoms with E-state index in [9.17, 15) is 4.79 Å². The molecule has 0 atom stereocenters. The summed E-state index contributed by atoms with van der Waals surface area (Å²) in [5.41, 5.74) is 3.25. The summed E-state index contributed by atoms with van der Waals surface area (Å²) in [4.78, 5) is 13.7. The fourth-order valence-electron chi connectivity index (χ4n) is 3.21. The first kappa shape index (κ1) is 15.7. The first-order valence-electron chi connectivity index (χ1n) is 8.27. The maximum Gasteiger partial charge on any atom is 0.172 e. The van der Waals surface area contributed by atoms with Crippen molar-refractivity contribution in [3.63, 3.8) is 0 Å². The predicted octanol–water partition coefficient (Wildman–Crippen LogP) is 3.37. The average molecular weight is 312 g/mol. The van der Waals surface area contributed by atoms with Crippen molar-refractivity contribution in [2.24, 2.45) is 0 Å². The average Bonchev–Trinajstić information content (AvgIpc) is 3.00. The summed E-state index contributed by atoms with van der Waals surface area (Å²) in [5, 5.41) is 8.21. The van der Waals surface area contributed by atoms with Crippen LogP contribution in [0.2, 0.25) is 0 Å². The SMILES string of the molecule is CC(C)(C)c1c(C=O)nnn1-c1ccc(N2CCCCC2)cc1. The molecule has 122 valence electrons. The van der Waals surface area contributed by atoms with Gasteiger partial charge in [0.2, 0.25) is 0 Å². The number of benzene rings is 1. The van der Waals surface area contributed by atoms with Gasteiger partial charge in [-0.3, -0.25) is 4.79 Å². The molecule has 3 rings (SSSR count). The largest absolute Gasteiger partial charge is 0.372 e. The van der Waals surface area contributed by atoms with Crippen molar-refractivity contribution in [3.8, 4) is 5.69 Å². The Labute approximate surface area is 137 Å². The van der Waals surface area contributed by atoms with Gasteiger partial charge in [0.05, 0.1) is 11.4 Å². The number of anilines is 1. The molecule has 5 nitrogen and oxygen atoms in total. The highest BCUT2D eigenvalue weighted by atomic mass is 16.1. The molecule has 1 fully saturated rings. The number of aldehydes is 1. The number of carbonyl (C=O) groups is 1. The molecule has 23 heavy (non-hydrogen) atoms. The molecule has 0 bridgehead atoms. The number of carbonyl (C=O) groups excluding carboxylic acids is 1. The Morgan fingerprint density at radius 2 is 1.61 bits per heavy atom. The van der Waals surface area contributed by atoms with Crippen LogP contribution in [-0.2, 0) is 5.41 Å². The van der Waals surface area contributed by atoms with E-state index in [1.807, 2.05) is 0 Å². The lowest BCUT2D eigenvalue weighted by Gasteiger charge is -2.29. The van der Waals surface area contributed by atoms with Gasteiger partial charge in [0.1, 0.15) is 5.69 Å². The van der Waals surface area contributed by atoms with E-state index in [4.69, 9.17) is 0 Å². The maximum atomic E-state index is 11.3. The molecule has 0 N–H and O–H groups in total. The maximum absolute atomic E-state index is 11.3. The third kappa shape index (κ3) is 3.14. The van der Waals surface area contributed by atoms with Crippen LogP contribution in [0, 0.1) is 0 Å². The van der Waals surface area contributed by atoms with Gasteiger partial charge in [-0.1, -0.05) is 26.0 Å². The summed E-state index contributed by atoms with van der Waals surface area (Å²) in [6.07, 6.45) is 4.65. The first-order valence-corrected chi connectivity index (χ1v) is 8.27. The van der Waals surface area contributed by atoms with Gasteiger partial charge < -0.3 is 4.90 Å². The Morgan fingerprint density at radius 3 is 2.17 bits per heavy atom. The van der Waals surface area contributed by atoms with Crippen molar-refractivity contribution in [2.75, 3.05) is 18.0 Å². The standard InChI is InChI=1S/C18H24N4O/c1-18(2,3)17-16(13-23)19-20-22(17)15-9-7-14(8-10-15)21-11-5-4-6-12-21/h7-10,13H,4-6,11-12H2,1-3H3. The van der Waals surface area contributed by atoms with Crippen molar-refractivity contribution in [3.05, 3.63) is 35.7 Å². The summed E-state index contributed by atoms with van der Waals surface area (Å²) in [6.45, 7) is 8.46. The summed E-state index contributed by atoms with van der Waals surface area (Å²) in [7, 11) is 0. The summed E-state index contributed by atoms with van der Waals surface area (Å²) < 4.78 is 1.78. The van der Waals surface area contributed by atoms with E-state index < -0.39 is 0 Å². The molecule has 1 aromatic carbocycles. The zero-order valence-corrected chi connectivity index (χ0v) is 14.1. The third-order valence-corrected chi connectivity index (χ3v) is 4.33. The normalized spacial score (nSPS) is 15.7. The monoisotopic (exact) mass is 312 g/mol. The Kier molecular flexibility index (Phi) is 4.20. The Morgan fingerprint density at radius 1 is 1.00 bits per heavy atom. The van der Waals surface area contributed by atoms with Crippen LogP contribution in [0.25, 0.3) is 5.69 Å². The van der Waals surface area contributed by atoms with Crippen molar-refractivity contribution in [2.45, 2.75) is 45.4 Å².